The van der Waals surface area contributed by atoms with E-state index in [2.05, 4.69) is 5.32 Å². The predicted octanol–water partition coefficient (Wildman–Crippen LogP) is 3.27. The molecule has 2 aliphatic rings. The number of nitrogens with zero attached hydrogens (tertiary/aromatic N) is 1. The second-order valence-electron chi connectivity index (χ2n) is 8.42. The van der Waals surface area contributed by atoms with Crippen LogP contribution in [0.3, 0.4) is 0 Å². The lowest BCUT2D eigenvalue weighted by atomic mass is 9.98. The molecule has 1 aliphatic heterocycles. The van der Waals surface area contributed by atoms with E-state index in [9.17, 15) is 13.2 Å². The molecule has 0 radical (unpaired) electrons. The van der Waals surface area contributed by atoms with E-state index in [1.54, 1.807) is 25.3 Å². The van der Waals surface area contributed by atoms with Gasteiger partial charge in [-0.15, -0.1) is 0 Å². The molecule has 3 rings (SSSR count). The van der Waals surface area contributed by atoms with Crippen molar-refractivity contribution in [1.29, 1.82) is 0 Å². The lowest BCUT2D eigenvalue weighted by Crippen LogP contribution is -2.28. The van der Waals surface area contributed by atoms with E-state index in [-0.39, 0.29) is 17.2 Å². The summed E-state index contributed by atoms with van der Waals surface area (Å²) in [7, 11) is -1.94. The van der Waals surface area contributed by atoms with E-state index in [1.165, 1.54) is 23.6 Å². The van der Waals surface area contributed by atoms with Gasteiger partial charge < -0.3 is 14.8 Å². The highest BCUT2D eigenvalue weighted by Crippen LogP contribution is 2.27. The molecule has 0 aromatic heterocycles. The Bertz CT molecular complexity index is 815. The molecule has 0 spiro atoms. The monoisotopic (exact) mass is 452 g/mol. The number of amides is 1. The Balaban J connectivity index is 1.45. The third-order valence-electron chi connectivity index (χ3n) is 6.13. The summed E-state index contributed by atoms with van der Waals surface area (Å²) in [5.74, 6) is 0.557. The first-order valence-corrected chi connectivity index (χ1v) is 13.0. The summed E-state index contributed by atoms with van der Waals surface area (Å²) in [6.07, 6.45) is 9.83. The number of carbonyl (C=O) groups is 1. The highest BCUT2D eigenvalue weighted by atomic mass is 32.2. The largest absolute Gasteiger partial charge is 0.496 e. The van der Waals surface area contributed by atoms with Crippen LogP contribution in [-0.2, 0) is 26.0 Å². The van der Waals surface area contributed by atoms with Gasteiger partial charge in [-0.1, -0.05) is 19.3 Å². The normalized spacial score (nSPS) is 18.2. The van der Waals surface area contributed by atoms with Crippen LogP contribution in [0.1, 0.15) is 63.4 Å². The molecule has 31 heavy (non-hydrogen) atoms. The fraction of sp³-hybridized carbons (Fsp3) is 0.696. The third-order valence-corrected chi connectivity index (χ3v) is 8.02. The van der Waals surface area contributed by atoms with E-state index in [0.717, 1.165) is 37.7 Å². The van der Waals surface area contributed by atoms with Crippen molar-refractivity contribution in [2.75, 3.05) is 33.4 Å². The summed E-state index contributed by atoms with van der Waals surface area (Å²) >= 11 is 0. The van der Waals surface area contributed by atoms with Crippen LogP contribution in [0, 0.1) is 0 Å². The van der Waals surface area contributed by atoms with Gasteiger partial charge in [0.15, 0.2) is 0 Å². The number of benzene rings is 1. The average Bonchev–Trinajstić information content (AvgIpc) is 3.34. The van der Waals surface area contributed by atoms with Crippen LogP contribution in [0.15, 0.2) is 23.1 Å². The smallest absolute Gasteiger partial charge is 0.243 e. The number of carbonyl (C=O) groups excluding carboxylic acids is 1. The molecule has 2 fully saturated rings. The zero-order valence-corrected chi connectivity index (χ0v) is 19.4. The molecule has 8 heteroatoms. The summed E-state index contributed by atoms with van der Waals surface area (Å²) in [5.41, 5.74) is 0.735. The van der Waals surface area contributed by atoms with E-state index < -0.39 is 10.0 Å². The van der Waals surface area contributed by atoms with Crippen molar-refractivity contribution in [3.05, 3.63) is 23.8 Å². The Labute approximate surface area is 186 Å². The number of aryl methyl sites for hydroxylation is 1. The van der Waals surface area contributed by atoms with E-state index in [0.29, 0.717) is 44.5 Å². The van der Waals surface area contributed by atoms with Gasteiger partial charge in [-0.05, 0) is 62.3 Å². The van der Waals surface area contributed by atoms with Gasteiger partial charge in [-0.3, -0.25) is 4.79 Å². The molecule has 1 heterocycles. The molecule has 0 unspecified atom stereocenters. The number of sulfonamides is 1. The maximum Gasteiger partial charge on any atom is 0.243 e. The Morgan fingerprint density at radius 1 is 1.13 bits per heavy atom. The van der Waals surface area contributed by atoms with Crippen LogP contribution in [0.2, 0.25) is 0 Å². The van der Waals surface area contributed by atoms with Gasteiger partial charge in [-0.2, -0.15) is 4.31 Å². The Kier molecular flexibility index (Phi) is 9.16. The van der Waals surface area contributed by atoms with Gasteiger partial charge in [0.1, 0.15) is 5.75 Å². The van der Waals surface area contributed by atoms with Crippen LogP contribution < -0.4 is 10.1 Å². The van der Waals surface area contributed by atoms with Crippen LogP contribution in [-0.4, -0.2) is 58.1 Å². The topological polar surface area (TPSA) is 84.9 Å². The van der Waals surface area contributed by atoms with Crippen molar-refractivity contribution in [3.63, 3.8) is 0 Å². The van der Waals surface area contributed by atoms with Crippen molar-refractivity contribution >= 4 is 15.9 Å². The summed E-state index contributed by atoms with van der Waals surface area (Å²) in [4.78, 5) is 12.5. The molecule has 1 aliphatic carbocycles. The van der Waals surface area contributed by atoms with Gasteiger partial charge in [0.05, 0.1) is 18.1 Å². The Hall–Kier alpha value is -1.64. The number of rotatable bonds is 11. The highest BCUT2D eigenvalue weighted by Gasteiger charge is 2.27. The van der Waals surface area contributed by atoms with Crippen LogP contribution in [0.25, 0.3) is 0 Å². The number of hydrogen-bond acceptors (Lipinski definition) is 5. The summed E-state index contributed by atoms with van der Waals surface area (Å²) < 4.78 is 38.5. The SMILES string of the molecule is COc1ccc(S(=O)(=O)N2CCCC2)cc1CCC(=O)NCCCOC1CCCCC1. The molecule has 7 nitrogen and oxygen atoms in total. The van der Waals surface area contributed by atoms with Crippen molar-refractivity contribution in [2.45, 2.75) is 75.2 Å². The van der Waals surface area contributed by atoms with Crippen LogP contribution in [0.5, 0.6) is 5.75 Å². The summed E-state index contributed by atoms with van der Waals surface area (Å²) in [6, 6.07) is 4.92. The van der Waals surface area contributed by atoms with E-state index >= 15 is 0 Å². The zero-order valence-electron chi connectivity index (χ0n) is 18.6. The van der Waals surface area contributed by atoms with Crippen molar-refractivity contribution < 1.29 is 22.7 Å². The molecule has 1 saturated carbocycles. The van der Waals surface area contributed by atoms with Gasteiger partial charge in [0, 0.05) is 32.7 Å². The highest BCUT2D eigenvalue weighted by molar-refractivity contribution is 7.89. The average molecular weight is 453 g/mol. The van der Waals surface area contributed by atoms with Gasteiger partial charge >= 0.3 is 0 Å². The fourth-order valence-corrected chi connectivity index (χ4v) is 5.87. The molecule has 1 aromatic rings. The quantitative estimate of drug-likeness (QED) is 0.521. The Morgan fingerprint density at radius 2 is 1.87 bits per heavy atom. The van der Waals surface area contributed by atoms with Crippen molar-refractivity contribution in [1.82, 2.24) is 9.62 Å². The lowest BCUT2D eigenvalue weighted by molar-refractivity contribution is -0.121. The first kappa shape index (κ1) is 24.0. The second kappa shape index (κ2) is 11.8. The van der Waals surface area contributed by atoms with E-state index in [1.807, 2.05) is 0 Å². The molecular weight excluding hydrogens is 416 g/mol. The molecule has 0 atom stereocenters. The second-order valence-corrected chi connectivity index (χ2v) is 10.4. The fourth-order valence-electron chi connectivity index (χ4n) is 4.31. The molecular formula is C23H36N2O5S. The maximum absolute atomic E-state index is 12.8. The summed E-state index contributed by atoms with van der Waals surface area (Å²) in [6.45, 7) is 2.40. The van der Waals surface area contributed by atoms with Gasteiger partial charge in [0.2, 0.25) is 15.9 Å². The predicted molar refractivity (Wildman–Crippen MR) is 120 cm³/mol. The standard InChI is InChI=1S/C23H36N2O5S/c1-29-22-12-11-21(31(27,28)25-15-5-6-16-25)18-19(22)10-13-23(26)24-14-7-17-30-20-8-3-2-4-9-20/h11-12,18,20H,2-10,13-17H2,1H3,(H,24,26). The van der Waals surface area contributed by atoms with Gasteiger partial charge in [0.25, 0.3) is 0 Å². The van der Waals surface area contributed by atoms with Crippen molar-refractivity contribution in [3.8, 4) is 5.75 Å². The number of methoxy groups -OCH3 is 1. The molecule has 1 N–H and O–H groups in total. The molecule has 0 bridgehead atoms. The third kappa shape index (κ3) is 6.92. The first-order chi connectivity index (χ1) is 15.0. The number of ether oxygens (including phenoxy) is 2. The first-order valence-electron chi connectivity index (χ1n) is 11.6. The molecule has 1 aromatic carbocycles. The minimum atomic E-state index is -3.49. The van der Waals surface area contributed by atoms with Crippen molar-refractivity contribution in [2.24, 2.45) is 0 Å². The number of nitrogens with one attached hydrogen (secondary N) is 1. The number of hydrogen-bond donors (Lipinski definition) is 1. The van der Waals surface area contributed by atoms with Crippen LogP contribution >= 0.6 is 0 Å². The molecule has 174 valence electrons. The van der Waals surface area contributed by atoms with E-state index in [4.69, 9.17) is 9.47 Å². The minimum Gasteiger partial charge on any atom is -0.496 e. The molecule has 1 amide bonds. The molecule has 1 saturated heterocycles. The van der Waals surface area contributed by atoms with Gasteiger partial charge in [-0.25, -0.2) is 8.42 Å². The minimum absolute atomic E-state index is 0.0486. The summed E-state index contributed by atoms with van der Waals surface area (Å²) in [5, 5.41) is 2.93. The Morgan fingerprint density at radius 3 is 2.58 bits per heavy atom. The maximum atomic E-state index is 12.8. The van der Waals surface area contributed by atoms with Crippen LogP contribution in [0.4, 0.5) is 0 Å². The lowest BCUT2D eigenvalue weighted by Gasteiger charge is -2.21. The zero-order chi connectivity index (χ0) is 22.1.